The molecule has 1 unspecified atom stereocenters. The van der Waals surface area contributed by atoms with Crippen LogP contribution in [0.15, 0.2) is 36.0 Å². The molecular formula is C15H25NO. The van der Waals surface area contributed by atoms with Gasteiger partial charge in [0.15, 0.2) is 0 Å². The van der Waals surface area contributed by atoms with E-state index in [1.807, 2.05) is 32.1 Å². The molecule has 2 heteroatoms. The van der Waals surface area contributed by atoms with Gasteiger partial charge in [-0.15, -0.1) is 0 Å². The van der Waals surface area contributed by atoms with E-state index in [1.54, 1.807) is 0 Å². The number of hydrogen-bond donors (Lipinski definition) is 1. The molecule has 0 aromatic carbocycles. The minimum absolute atomic E-state index is 0.220. The first-order valence-electron chi connectivity index (χ1n) is 6.59. The van der Waals surface area contributed by atoms with Crippen LogP contribution in [0.1, 0.15) is 39.5 Å². The molecular weight excluding hydrogens is 210 g/mol. The van der Waals surface area contributed by atoms with Crippen LogP contribution in [0, 0.1) is 0 Å². The Morgan fingerprint density at radius 1 is 1.24 bits per heavy atom. The molecule has 0 aliphatic heterocycles. The first-order chi connectivity index (χ1) is 8.27. The maximum absolute atomic E-state index is 6.06. The van der Waals surface area contributed by atoms with Gasteiger partial charge in [0.25, 0.3) is 0 Å². The summed E-state index contributed by atoms with van der Waals surface area (Å²) in [5.74, 6) is 0. The highest BCUT2D eigenvalue weighted by atomic mass is 16.5. The second-order valence-corrected chi connectivity index (χ2v) is 4.57. The molecule has 0 amide bonds. The van der Waals surface area contributed by atoms with Gasteiger partial charge in [-0.05, 0) is 32.3 Å². The first kappa shape index (κ1) is 14.2. The standard InChI is InChI=1S/C15H25NO/c1-3-5-9-13(8-4-2)12-17-15-11-7-6-10-14(15)16/h3-5,8-9,14-15H,6-7,10-12,16H2,1-2H3/b5-3-,8-4-,13-9+/t14-,15?/m0/s1. The minimum Gasteiger partial charge on any atom is -0.372 e. The fourth-order valence-corrected chi connectivity index (χ4v) is 2.12. The van der Waals surface area contributed by atoms with E-state index in [4.69, 9.17) is 10.5 Å². The Balaban J connectivity index is 2.45. The molecule has 2 nitrogen and oxygen atoms in total. The van der Waals surface area contributed by atoms with E-state index >= 15 is 0 Å². The molecule has 1 aliphatic carbocycles. The van der Waals surface area contributed by atoms with E-state index in [-0.39, 0.29) is 12.1 Å². The van der Waals surface area contributed by atoms with Gasteiger partial charge in [-0.1, -0.05) is 43.2 Å². The highest BCUT2D eigenvalue weighted by Crippen LogP contribution is 2.20. The van der Waals surface area contributed by atoms with Crippen LogP contribution in [-0.2, 0) is 4.74 Å². The normalized spacial score (nSPS) is 27.1. The monoisotopic (exact) mass is 235 g/mol. The van der Waals surface area contributed by atoms with Gasteiger partial charge in [0.05, 0.1) is 12.7 Å². The van der Waals surface area contributed by atoms with E-state index in [9.17, 15) is 0 Å². The van der Waals surface area contributed by atoms with E-state index in [0.29, 0.717) is 6.61 Å². The number of hydrogen-bond acceptors (Lipinski definition) is 2. The zero-order valence-electron chi connectivity index (χ0n) is 11.1. The molecule has 2 N–H and O–H groups in total. The number of nitrogens with two attached hydrogens (primary N) is 1. The molecule has 0 heterocycles. The van der Waals surface area contributed by atoms with Crippen molar-refractivity contribution in [3.63, 3.8) is 0 Å². The molecule has 0 radical (unpaired) electrons. The topological polar surface area (TPSA) is 35.2 Å². The quantitative estimate of drug-likeness (QED) is 0.742. The fraction of sp³-hybridized carbons (Fsp3) is 0.600. The predicted octanol–water partition coefficient (Wildman–Crippen LogP) is 3.35. The van der Waals surface area contributed by atoms with Crippen LogP contribution in [0.3, 0.4) is 0 Å². The molecule has 1 aliphatic rings. The average molecular weight is 235 g/mol. The van der Waals surface area contributed by atoms with Crippen LogP contribution in [0.2, 0.25) is 0 Å². The Hall–Kier alpha value is -0.860. The third kappa shape index (κ3) is 5.33. The molecule has 0 saturated heterocycles. The third-order valence-electron chi connectivity index (χ3n) is 3.10. The second-order valence-electron chi connectivity index (χ2n) is 4.57. The summed E-state index contributed by atoms with van der Waals surface area (Å²) in [5.41, 5.74) is 7.26. The van der Waals surface area contributed by atoms with E-state index in [0.717, 1.165) is 12.8 Å². The highest BCUT2D eigenvalue weighted by molar-refractivity contribution is 5.23. The Morgan fingerprint density at radius 2 is 2.00 bits per heavy atom. The van der Waals surface area contributed by atoms with Crippen LogP contribution in [0.25, 0.3) is 0 Å². The molecule has 1 rings (SSSR count). The van der Waals surface area contributed by atoms with Crippen molar-refractivity contribution in [1.29, 1.82) is 0 Å². The number of allylic oxidation sites excluding steroid dienone is 4. The molecule has 17 heavy (non-hydrogen) atoms. The van der Waals surface area contributed by atoms with Crippen molar-refractivity contribution >= 4 is 0 Å². The lowest BCUT2D eigenvalue weighted by Crippen LogP contribution is -2.39. The molecule has 0 aromatic rings. The summed E-state index contributed by atoms with van der Waals surface area (Å²) in [6.45, 7) is 4.70. The predicted molar refractivity (Wildman–Crippen MR) is 73.9 cm³/mol. The fourth-order valence-electron chi connectivity index (χ4n) is 2.12. The van der Waals surface area contributed by atoms with E-state index < -0.39 is 0 Å². The van der Waals surface area contributed by atoms with Crippen molar-refractivity contribution in [3.8, 4) is 0 Å². The van der Waals surface area contributed by atoms with Gasteiger partial charge in [0, 0.05) is 6.04 Å². The van der Waals surface area contributed by atoms with Crippen LogP contribution in [0.4, 0.5) is 0 Å². The lowest BCUT2D eigenvalue weighted by Gasteiger charge is -2.28. The Bertz CT molecular complexity index is 291. The SMILES string of the molecule is C\C=C/C=C(\C=C/C)COC1CCCC[C@@H]1N. The zero-order chi connectivity index (χ0) is 12.5. The highest BCUT2D eigenvalue weighted by Gasteiger charge is 2.22. The second kappa shape index (κ2) is 8.26. The molecule has 0 bridgehead atoms. The molecule has 1 fully saturated rings. The van der Waals surface area contributed by atoms with Crippen molar-refractivity contribution in [2.75, 3.05) is 6.61 Å². The van der Waals surface area contributed by atoms with E-state index in [2.05, 4.69) is 12.2 Å². The summed E-state index contributed by atoms with van der Waals surface area (Å²) < 4.78 is 5.93. The van der Waals surface area contributed by atoms with Gasteiger partial charge in [0.2, 0.25) is 0 Å². The Kier molecular flexibility index (Phi) is 6.90. The minimum atomic E-state index is 0.220. The van der Waals surface area contributed by atoms with Crippen LogP contribution < -0.4 is 5.73 Å². The van der Waals surface area contributed by atoms with Gasteiger partial charge >= 0.3 is 0 Å². The van der Waals surface area contributed by atoms with Crippen molar-refractivity contribution in [2.24, 2.45) is 5.73 Å². The Labute approximate surface area is 105 Å². The lowest BCUT2D eigenvalue weighted by atomic mass is 9.93. The summed E-state index contributed by atoms with van der Waals surface area (Å²) in [4.78, 5) is 0. The number of rotatable bonds is 5. The maximum atomic E-state index is 6.06. The smallest absolute Gasteiger partial charge is 0.0730 e. The molecule has 96 valence electrons. The molecule has 2 atom stereocenters. The summed E-state index contributed by atoms with van der Waals surface area (Å²) in [5, 5.41) is 0. The molecule has 0 aromatic heterocycles. The van der Waals surface area contributed by atoms with Gasteiger partial charge in [0.1, 0.15) is 0 Å². The summed E-state index contributed by atoms with van der Waals surface area (Å²) >= 11 is 0. The summed E-state index contributed by atoms with van der Waals surface area (Å²) in [6.07, 6.45) is 15.2. The van der Waals surface area contributed by atoms with Crippen molar-refractivity contribution in [1.82, 2.24) is 0 Å². The van der Waals surface area contributed by atoms with Crippen LogP contribution >= 0.6 is 0 Å². The molecule has 1 saturated carbocycles. The zero-order valence-corrected chi connectivity index (χ0v) is 11.1. The van der Waals surface area contributed by atoms with Gasteiger partial charge in [-0.25, -0.2) is 0 Å². The van der Waals surface area contributed by atoms with Crippen molar-refractivity contribution in [2.45, 2.75) is 51.7 Å². The Morgan fingerprint density at radius 3 is 2.65 bits per heavy atom. The first-order valence-corrected chi connectivity index (χ1v) is 6.59. The van der Waals surface area contributed by atoms with Crippen molar-refractivity contribution in [3.05, 3.63) is 36.0 Å². The van der Waals surface area contributed by atoms with Gasteiger partial charge in [-0.2, -0.15) is 0 Å². The van der Waals surface area contributed by atoms with Crippen LogP contribution in [-0.4, -0.2) is 18.8 Å². The largest absolute Gasteiger partial charge is 0.372 e. The third-order valence-corrected chi connectivity index (χ3v) is 3.10. The average Bonchev–Trinajstić information content (AvgIpc) is 2.34. The number of ether oxygens (including phenoxy) is 1. The van der Waals surface area contributed by atoms with Crippen LogP contribution in [0.5, 0.6) is 0 Å². The van der Waals surface area contributed by atoms with Crippen molar-refractivity contribution < 1.29 is 4.74 Å². The van der Waals surface area contributed by atoms with Gasteiger partial charge < -0.3 is 10.5 Å². The summed E-state index contributed by atoms with van der Waals surface area (Å²) in [6, 6.07) is 0.220. The lowest BCUT2D eigenvalue weighted by molar-refractivity contribution is 0.0293. The van der Waals surface area contributed by atoms with Gasteiger partial charge in [-0.3, -0.25) is 0 Å². The maximum Gasteiger partial charge on any atom is 0.0730 e. The van der Waals surface area contributed by atoms with E-state index in [1.165, 1.54) is 18.4 Å². The molecule has 0 spiro atoms. The summed E-state index contributed by atoms with van der Waals surface area (Å²) in [7, 11) is 0.